The number of nitrogens with zero attached hydrogens (tertiary/aromatic N) is 2. The van der Waals surface area contributed by atoms with Gasteiger partial charge in [-0.1, -0.05) is 26.8 Å². The van der Waals surface area contributed by atoms with Gasteiger partial charge in [0.2, 0.25) is 5.91 Å². The number of hydrogen-bond donors (Lipinski definition) is 3. The molecule has 0 fully saturated rings. The molecule has 0 bridgehead atoms. The number of amides is 3. The molecule has 0 aromatic carbocycles. The third-order valence-corrected chi connectivity index (χ3v) is 6.12. The van der Waals surface area contributed by atoms with E-state index < -0.39 is 17.9 Å². The Labute approximate surface area is 178 Å². The monoisotopic (exact) mass is 437 g/mol. The zero-order valence-electron chi connectivity index (χ0n) is 16.8. The number of nitrogens with one attached hydrogen (secondary N) is 1. The molecule has 0 aliphatic rings. The van der Waals surface area contributed by atoms with Crippen LogP contribution >= 0.6 is 22.9 Å². The highest BCUT2D eigenvalue weighted by molar-refractivity contribution is 7.10. The van der Waals surface area contributed by atoms with Gasteiger partial charge in [0.15, 0.2) is 5.69 Å². The molecule has 2 aromatic heterocycles. The van der Waals surface area contributed by atoms with Gasteiger partial charge in [0, 0.05) is 11.4 Å². The Morgan fingerprint density at radius 2 is 2.03 bits per heavy atom. The van der Waals surface area contributed by atoms with E-state index in [0.717, 1.165) is 22.8 Å². The minimum atomic E-state index is -0.791. The van der Waals surface area contributed by atoms with E-state index in [4.69, 9.17) is 11.5 Å². The minimum absolute atomic E-state index is 0.0428. The third kappa shape index (κ3) is 5.77. The standard InChI is InChI=1S/C19H27N5O3S2/c1-4-13(18(26)22-8-7-11(2)3)24(10-12-6-5-9-28-12)19(27)16-14(20)15(17(21)25)23-29-16/h5-6,9,11,13H,4,7-8,10,20H2,1-3H3,(H2,21,25)(H,22,26). The van der Waals surface area contributed by atoms with Gasteiger partial charge in [0.05, 0.1) is 12.2 Å². The van der Waals surface area contributed by atoms with Gasteiger partial charge in [-0.25, -0.2) is 0 Å². The number of thiophene rings is 1. The van der Waals surface area contributed by atoms with E-state index in [1.807, 2.05) is 24.4 Å². The van der Waals surface area contributed by atoms with Crippen molar-refractivity contribution in [3.8, 4) is 0 Å². The normalized spacial score (nSPS) is 12.0. The van der Waals surface area contributed by atoms with E-state index in [-0.39, 0.29) is 28.7 Å². The van der Waals surface area contributed by atoms with Crippen LogP contribution < -0.4 is 16.8 Å². The van der Waals surface area contributed by atoms with Crippen LogP contribution in [-0.4, -0.2) is 39.6 Å². The van der Waals surface area contributed by atoms with Crippen molar-refractivity contribution in [2.45, 2.75) is 46.2 Å². The Bertz CT molecular complexity index is 848. The molecule has 0 radical (unpaired) electrons. The molecule has 1 atom stereocenters. The third-order valence-electron chi connectivity index (χ3n) is 4.41. The predicted molar refractivity (Wildman–Crippen MR) is 116 cm³/mol. The van der Waals surface area contributed by atoms with E-state index in [1.54, 1.807) is 0 Å². The smallest absolute Gasteiger partial charge is 0.270 e. The highest BCUT2D eigenvalue weighted by Gasteiger charge is 2.32. The first-order valence-electron chi connectivity index (χ1n) is 9.42. The number of carbonyl (C=O) groups excluding carboxylic acids is 3. The number of rotatable bonds is 10. The molecule has 2 heterocycles. The van der Waals surface area contributed by atoms with Crippen LogP contribution in [0, 0.1) is 5.92 Å². The quantitative estimate of drug-likeness (QED) is 0.525. The molecule has 158 valence electrons. The first kappa shape index (κ1) is 22.8. The minimum Gasteiger partial charge on any atom is -0.395 e. The molecule has 29 heavy (non-hydrogen) atoms. The fourth-order valence-electron chi connectivity index (χ4n) is 2.80. The molecular weight excluding hydrogens is 410 g/mol. The molecule has 0 aliphatic heterocycles. The molecule has 1 unspecified atom stereocenters. The molecule has 2 aromatic rings. The topological polar surface area (TPSA) is 131 Å². The summed E-state index contributed by atoms with van der Waals surface area (Å²) in [4.78, 5) is 40.1. The Balaban J connectivity index is 2.31. The average molecular weight is 438 g/mol. The lowest BCUT2D eigenvalue weighted by Gasteiger charge is -2.30. The van der Waals surface area contributed by atoms with E-state index in [0.29, 0.717) is 18.9 Å². The average Bonchev–Trinajstić information content (AvgIpc) is 3.30. The first-order valence-corrected chi connectivity index (χ1v) is 11.1. The predicted octanol–water partition coefficient (Wildman–Crippen LogP) is 2.47. The molecule has 3 amide bonds. The van der Waals surface area contributed by atoms with Gasteiger partial charge < -0.3 is 21.7 Å². The molecule has 5 N–H and O–H groups in total. The van der Waals surface area contributed by atoms with Crippen molar-refractivity contribution in [1.29, 1.82) is 0 Å². The lowest BCUT2D eigenvalue weighted by atomic mass is 10.1. The summed E-state index contributed by atoms with van der Waals surface area (Å²) in [5.41, 5.74) is 11.1. The van der Waals surface area contributed by atoms with E-state index in [9.17, 15) is 14.4 Å². The second-order valence-electron chi connectivity index (χ2n) is 7.05. The van der Waals surface area contributed by atoms with E-state index >= 15 is 0 Å². The Morgan fingerprint density at radius 3 is 2.55 bits per heavy atom. The number of nitrogen functional groups attached to an aromatic ring is 1. The van der Waals surface area contributed by atoms with Crippen molar-refractivity contribution < 1.29 is 14.4 Å². The molecule has 2 rings (SSSR count). The van der Waals surface area contributed by atoms with Gasteiger partial charge in [-0.2, -0.15) is 4.37 Å². The number of aromatic nitrogens is 1. The van der Waals surface area contributed by atoms with Gasteiger partial charge in [-0.3, -0.25) is 14.4 Å². The van der Waals surface area contributed by atoms with Crippen LogP contribution in [0.15, 0.2) is 17.5 Å². The van der Waals surface area contributed by atoms with Crippen molar-refractivity contribution in [1.82, 2.24) is 14.6 Å². The van der Waals surface area contributed by atoms with Gasteiger partial charge in [-0.15, -0.1) is 11.3 Å². The summed E-state index contributed by atoms with van der Waals surface area (Å²) in [5, 5.41) is 4.83. The largest absolute Gasteiger partial charge is 0.395 e. The summed E-state index contributed by atoms with van der Waals surface area (Å²) < 4.78 is 3.91. The molecule has 0 saturated carbocycles. The second kappa shape index (κ2) is 10.4. The van der Waals surface area contributed by atoms with Crippen LogP contribution in [0.1, 0.15) is 58.7 Å². The zero-order chi connectivity index (χ0) is 21.6. The lowest BCUT2D eigenvalue weighted by Crippen LogP contribution is -2.49. The van der Waals surface area contributed by atoms with Crippen LogP contribution in [0.3, 0.4) is 0 Å². The molecular formula is C19H27N5O3S2. The van der Waals surface area contributed by atoms with Gasteiger partial charge in [-0.05, 0) is 41.7 Å². The molecule has 8 nitrogen and oxygen atoms in total. The number of anilines is 1. The van der Waals surface area contributed by atoms with Gasteiger partial charge in [0.1, 0.15) is 10.9 Å². The summed E-state index contributed by atoms with van der Waals surface area (Å²) in [6, 6.07) is 3.12. The first-order chi connectivity index (χ1) is 13.8. The number of carbonyl (C=O) groups is 3. The Hall–Kier alpha value is -2.46. The van der Waals surface area contributed by atoms with Crippen molar-refractivity contribution in [3.05, 3.63) is 33.0 Å². The fraction of sp³-hybridized carbons (Fsp3) is 0.474. The second-order valence-corrected chi connectivity index (χ2v) is 8.85. The van der Waals surface area contributed by atoms with Crippen molar-refractivity contribution in [2.75, 3.05) is 12.3 Å². The Morgan fingerprint density at radius 1 is 1.31 bits per heavy atom. The van der Waals surface area contributed by atoms with Crippen LogP contribution in [0.2, 0.25) is 0 Å². The number of hydrogen-bond acceptors (Lipinski definition) is 7. The molecule has 0 saturated heterocycles. The maximum absolute atomic E-state index is 13.3. The maximum Gasteiger partial charge on any atom is 0.270 e. The highest BCUT2D eigenvalue weighted by atomic mass is 32.1. The highest BCUT2D eigenvalue weighted by Crippen LogP contribution is 2.26. The lowest BCUT2D eigenvalue weighted by molar-refractivity contribution is -0.126. The fourth-order valence-corrected chi connectivity index (χ4v) is 4.27. The summed E-state index contributed by atoms with van der Waals surface area (Å²) in [7, 11) is 0. The number of nitrogens with two attached hydrogens (primary N) is 2. The van der Waals surface area contributed by atoms with Crippen LogP contribution in [0.4, 0.5) is 5.69 Å². The summed E-state index contributed by atoms with van der Waals surface area (Å²) in [5.74, 6) is -0.979. The van der Waals surface area contributed by atoms with E-state index in [1.165, 1.54) is 16.2 Å². The van der Waals surface area contributed by atoms with Gasteiger partial charge >= 0.3 is 0 Å². The van der Waals surface area contributed by atoms with Crippen LogP contribution in [0.25, 0.3) is 0 Å². The summed E-state index contributed by atoms with van der Waals surface area (Å²) >= 11 is 2.32. The zero-order valence-corrected chi connectivity index (χ0v) is 18.4. The molecule has 0 spiro atoms. The summed E-state index contributed by atoms with van der Waals surface area (Å²) in [6.45, 7) is 6.82. The van der Waals surface area contributed by atoms with Crippen molar-refractivity contribution >= 4 is 46.3 Å². The van der Waals surface area contributed by atoms with Crippen LogP contribution in [0.5, 0.6) is 0 Å². The molecule has 0 aliphatic carbocycles. The SMILES string of the molecule is CCC(C(=O)NCCC(C)C)N(Cc1cccs1)C(=O)c1snc(C(N)=O)c1N. The van der Waals surface area contributed by atoms with Crippen molar-refractivity contribution in [3.63, 3.8) is 0 Å². The molecule has 10 heteroatoms. The maximum atomic E-state index is 13.3. The van der Waals surface area contributed by atoms with Crippen molar-refractivity contribution in [2.24, 2.45) is 11.7 Å². The Kier molecular flexibility index (Phi) is 8.15. The van der Waals surface area contributed by atoms with E-state index in [2.05, 4.69) is 23.5 Å². The van der Waals surface area contributed by atoms with Crippen LogP contribution in [-0.2, 0) is 11.3 Å². The summed E-state index contributed by atoms with van der Waals surface area (Å²) in [6.07, 6.45) is 1.29. The van der Waals surface area contributed by atoms with Gasteiger partial charge in [0.25, 0.3) is 11.8 Å². The number of primary amides is 1.